The fourth-order valence-electron chi connectivity index (χ4n) is 2.65. The van der Waals surface area contributed by atoms with Crippen molar-refractivity contribution in [3.05, 3.63) is 86.8 Å². The number of nitrogens with zero attached hydrogens (tertiary/aromatic N) is 2. The third-order valence-electron chi connectivity index (χ3n) is 4.17. The van der Waals surface area contributed by atoms with Crippen molar-refractivity contribution in [3.63, 3.8) is 0 Å². The Labute approximate surface area is 169 Å². The number of methoxy groups -OCH3 is 1. The Bertz CT molecular complexity index is 1090. The Hall–Kier alpha value is -3.26. The minimum Gasteiger partial charge on any atom is -0.465 e. The van der Waals surface area contributed by atoms with E-state index in [0.29, 0.717) is 0 Å². The van der Waals surface area contributed by atoms with Gasteiger partial charge in [-0.15, -0.1) is 0 Å². The van der Waals surface area contributed by atoms with Crippen molar-refractivity contribution >= 4 is 23.3 Å². The van der Waals surface area contributed by atoms with Crippen LogP contribution < -0.4 is 10.9 Å². The first-order valence-corrected chi connectivity index (χ1v) is 8.86. The lowest BCUT2D eigenvalue weighted by Crippen LogP contribution is -2.24. The number of hydrogen-bond donors (Lipinski definition) is 1. The number of rotatable bonds is 6. The van der Waals surface area contributed by atoms with Gasteiger partial charge in [-0.25, -0.2) is 13.6 Å². The predicted molar refractivity (Wildman–Crippen MR) is 105 cm³/mol. The van der Waals surface area contributed by atoms with E-state index >= 15 is 0 Å². The van der Waals surface area contributed by atoms with Gasteiger partial charge in [0.15, 0.2) is 0 Å². The van der Waals surface area contributed by atoms with Crippen LogP contribution in [0, 0.1) is 0 Å². The number of carbonyl (C=O) groups is 1. The van der Waals surface area contributed by atoms with Crippen LogP contribution in [0.5, 0.6) is 0 Å². The first-order valence-electron chi connectivity index (χ1n) is 8.48. The highest BCUT2D eigenvalue weighted by molar-refractivity contribution is 6.32. The molecular formula is C20H16ClF2N3O3. The van der Waals surface area contributed by atoms with Gasteiger partial charge < -0.3 is 10.1 Å². The number of para-hydroxylation sites is 1. The summed E-state index contributed by atoms with van der Waals surface area (Å²) in [4.78, 5) is 24.6. The van der Waals surface area contributed by atoms with E-state index in [1.54, 1.807) is 30.3 Å². The van der Waals surface area contributed by atoms with Gasteiger partial charge in [-0.1, -0.05) is 48.0 Å². The number of ether oxygens (including phenoxy) is 1. The average molecular weight is 420 g/mol. The van der Waals surface area contributed by atoms with Crippen LogP contribution in [0.25, 0.3) is 5.69 Å². The van der Waals surface area contributed by atoms with Gasteiger partial charge in [0.2, 0.25) is 0 Å². The molecule has 3 aromatic rings. The molecule has 0 aliphatic heterocycles. The molecule has 0 unspecified atom stereocenters. The molecule has 0 aliphatic rings. The SMILES string of the molecule is COC(=O)c1ccccc1-n1ncc(NCc2ccc(C(F)F)cc2)c(Cl)c1=O. The third-order valence-corrected chi connectivity index (χ3v) is 4.54. The number of anilines is 1. The summed E-state index contributed by atoms with van der Waals surface area (Å²) < 4.78 is 31.0. The van der Waals surface area contributed by atoms with Gasteiger partial charge >= 0.3 is 5.97 Å². The lowest BCUT2D eigenvalue weighted by Gasteiger charge is -2.12. The van der Waals surface area contributed by atoms with E-state index in [1.165, 1.54) is 31.5 Å². The van der Waals surface area contributed by atoms with Crippen molar-refractivity contribution in [2.24, 2.45) is 0 Å². The number of nitrogens with one attached hydrogen (secondary N) is 1. The van der Waals surface area contributed by atoms with Crippen LogP contribution >= 0.6 is 11.6 Å². The summed E-state index contributed by atoms with van der Waals surface area (Å²) in [5, 5.41) is 6.92. The zero-order valence-electron chi connectivity index (χ0n) is 15.2. The maximum absolute atomic E-state index is 12.7. The maximum Gasteiger partial charge on any atom is 0.340 e. The molecule has 0 radical (unpaired) electrons. The molecule has 0 saturated heterocycles. The van der Waals surface area contributed by atoms with Crippen LogP contribution in [0.4, 0.5) is 14.5 Å². The number of hydrogen-bond acceptors (Lipinski definition) is 5. The normalized spacial score (nSPS) is 10.8. The summed E-state index contributed by atoms with van der Waals surface area (Å²) >= 11 is 6.20. The Balaban J connectivity index is 1.85. The molecule has 3 rings (SSSR count). The molecule has 150 valence electrons. The van der Waals surface area contributed by atoms with Gasteiger partial charge in [0.25, 0.3) is 12.0 Å². The van der Waals surface area contributed by atoms with Crippen LogP contribution in [0.15, 0.2) is 59.5 Å². The number of halogens is 3. The number of benzene rings is 2. The smallest absolute Gasteiger partial charge is 0.340 e. The molecule has 0 aliphatic carbocycles. The highest BCUT2D eigenvalue weighted by Crippen LogP contribution is 2.21. The minimum atomic E-state index is -2.53. The van der Waals surface area contributed by atoms with Crippen molar-refractivity contribution in [2.45, 2.75) is 13.0 Å². The van der Waals surface area contributed by atoms with E-state index in [2.05, 4.69) is 10.4 Å². The van der Waals surface area contributed by atoms with Gasteiger partial charge in [0.05, 0.1) is 30.2 Å². The van der Waals surface area contributed by atoms with Crippen molar-refractivity contribution < 1.29 is 18.3 Å². The second-order valence-corrected chi connectivity index (χ2v) is 6.37. The molecule has 0 saturated carbocycles. The van der Waals surface area contributed by atoms with E-state index < -0.39 is 18.0 Å². The van der Waals surface area contributed by atoms with Gasteiger partial charge in [-0.05, 0) is 17.7 Å². The molecule has 0 bridgehead atoms. The molecule has 1 aromatic heterocycles. The summed E-state index contributed by atoms with van der Waals surface area (Å²) in [6.45, 7) is 0.257. The first-order chi connectivity index (χ1) is 13.9. The van der Waals surface area contributed by atoms with Crippen LogP contribution in [-0.4, -0.2) is 22.9 Å². The predicted octanol–water partition coefficient (Wildman–Crippen LogP) is 4.22. The van der Waals surface area contributed by atoms with Crippen LogP contribution in [-0.2, 0) is 11.3 Å². The summed E-state index contributed by atoms with van der Waals surface area (Å²) in [6, 6.07) is 12.1. The second-order valence-electron chi connectivity index (χ2n) is 5.99. The molecular weight excluding hydrogens is 404 g/mol. The fourth-order valence-corrected chi connectivity index (χ4v) is 2.84. The standard InChI is InChI=1S/C20H16ClF2N3O3/c1-29-20(28)14-4-2-3-5-16(14)26-19(27)17(21)15(11-25-26)24-10-12-6-8-13(9-7-12)18(22)23/h2-9,11,18,24H,10H2,1H3. The van der Waals surface area contributed by atoms with Gasteiger partial charge in [0, 0.05) is 12.1 Å². The van der Waals surface area contributed by atoms with Crippen molar-refractivity contribution in [1.82, 2.24) is 9.78 Å². The quantitative estimate of drug-likeness (QED) is 0.605. The third kappa shape index (κ3) is 4.43. The van der Waals surface area contributed by atoms with E-state index in [4.69, 9.17) is 16.3 Å². The zero-order chi connectivity index (χ0) is 21.0. The van der Waals surface area contributed by atoms with Crippen molar-refractivity contribution in [2.75, 3.05) is 12.4 Å². The second kappa shape index (κ2) is 8.83. The Morgan fingerprint density at radius 2 is 1.90 bits per heavy atom. The number of aromatic nitrogens is 2. The topological polar surface area (TPSA) is 73.2 Å². The van der Waals surface area contributed by atoms with Gasteiger partial charge in [-0.2, -0.15) is 9.78 Å². The first kappa shape index (κ1) is 20.5. The summed E-state index contributed by atoms with van der Waals surface area (Å²) in [6.07, 6.45) is -1.18. The van der Waals surface area contributed by atoms with E-state index in [-0.39, 0.29) is 34.1 Å². The summed E-state index contributed by atoms with van der Waals surface area (Å²) in [5.41, 5.74) is 0.717. The molecule has 6 nitrogen and oxygen atoms in total. The fraction of sp³-hybridized carbons (Fsp3) is 0.150. The maximum atomic E-state index is 12.7. The van der Waals surface area contributed by atoms with Crippen LogP contribution in [0.1, 0.15) is 27.9 Å². The molecule has 2 aromatic carbocycles. The van der Waals surface area contributed by atoms with E-state index in [9.17, 15) is 18.4 Å². The number of alkyl halides is 2. The Morgan fingerprint density at radius 3 is 2.55 bits per heavy atom. The lowest BCUT2D eigenvalue weighted by atomic mass is 10.1. The Morgan fingerprint density at radius 1 is 1.21 bits per heavy atom. The van der Waals surface area contributed by atoms with Crippen LogP contribution in [0.2, 0.25) is 5.02 Å². The minimum absolute atomic E-state index is 0.0692. The number of carbonyl (C=O) groups excluding carboxylic acids is 1. The molecule has 1 N–H and O–H groups in total. The van der Waals surface area contributed by atoms with E-state index in [0.717, 1.165) is 10.2 Å². The summed E-state index contributed by atoms with van der Waals surface area (Å²) in [7, 11) is 1.24. The van der Waals surface area contributed by atoms with Gasteiger partial charge in [0.1, 0.15) is 5.02 Å². The van der Waals surface area contributed by atoms with Crippen LogP contribution in [0.3, 0.4) is 0 Å². The monoisotopic (exact) mass is 419 g/mol. The highest BCUT2D eigenvalue weighted by Gasteiger charge is 2.17. The molecule has 0 atom stereocenters. The zero-order valence-corrected chi connectivity index (χ0v) is 16.0. The van der Waals surface area contributed by atoms with Crippen molar-refractivity contribution in [3.8, 4) is 5.69 Å². The molecule has 0 spiro atoms. The van der Waals surface area contributed by atoms with Crippen molar-refractivity contribution in [1.29, 1.82) is 0 Å². The molecule has 0 amide bonds. The largest absolute Gasteiger partial charge is 0.465 e. The molecule has 9 heteroatoms. The molecule has 0 fully saturated rings. The Kier molecular flexibility index (Phi) is 6.23. The number of esters is 1. The van der Waals surface area contributed by atoms with Gasteiger partial charge in [-0.3, -0.25) is 4.79 Å². The average Bonchev–Trinajstić information content (AvgIpc) is 2.74. The highest BCUT2D eigenvalue weighted by atomic mass is 35.5. The molecule has 1 heterocycles. The van der Waals surface area contributed by atoms with E-state index in [1.807, 2.05) is 0 Å². The lowest BCUT2D eigenvalue weighted by molar-refractivity contribution is 0.0600. The summed E-state index contributed by atoms with van der Waals surface area (Å²) in [5.74, 6) is -0.611. The molecule has 29 heavy (non-hydrogen) atoms.